The van der Waals surface area contributed by atoms with Crippen LogP contribution >= 0.6 is 0 Å². The quantitative estimate of drug-likeness (QED) is 0.679. The molecule has 0 spiro atoms. The van der Waals surface area contributed by atoms with Gasteiger partial charge >= 0.3 is 0 Å². The Morgan fingerprint density at radius 1 is 1.18 bits per heavy atom. The van der Waals surface area contributed by atoms with E-state index in [9.17, 15) is 0 Å². The fourth-order valence-corrected chi connectivity index (χ4v) is 4.91. The number of aromatic nitrogens is 4. The van der Waals surface area contributed by atoms with Crippen molar-refractivity contribution in [3.05, 3.63) is 53.5 Å². The van der Waals surface area contributed by atoms with Crippen LogP contribution in [0, 0.1) is 0 Å². The van der Waals surface area contributed by atoms with Gasteiger partial charge in [0.1, 0.15) is 5.69 Å². The van der Waals surface area contributed by atoms with Gasteiger partial charge in [-0.25, -0.2) is 0 Å². The smallest absolute Gasteiger partial charge is 0.276 e. The van der Waals surface area contributed by atoms with Gasteiger partial charge in [-0.3, -0.25) is 9.58 Å². The zero-order valence-electron chi connectivity index (χ0n) is 16.7. The van der Waals surface area contributed by atoms with Crippen molar-refractivity contribution in [2.45, 2.75) is 57.0 Å². The first-order valence-electron chi connectivity index (χ1n) is 10.3. The average molecular weight is 377 g/mol. The van der Waals surface area contributed by atoms with Crippen LogP contribution in [0.2, 0.25) is 0 Å². The van der Waals surface area contributed by atoms with E-state index in [-0.39, 0.29) is 0 Å². The lowest BCUT2D eigenvalue weighted by atomic mass is 9.94. The van der Waals surface area contributed by atoms with Crippen LogP contribution in [-0.2, 0) is 7.05 Å². The number of hydrogen-bond acceptors (Lipinski definition) is 5. The van der Waals surface area contributed by atoms with Crippen LogP contribution in [0.1, 0.15) is 68.1 Å². The van der Waals surface area contributed by atoms with Gasteiger partial charge in [-0.05, 0) is 43.4 Å². The summed E-state index contributed by atoms with van der Waals surface area (Å²) < 4.78 is 7.53. The second kappa shape index (κ2) is 6.85. The topological polar surface area (TPSA) is 60.0 Å². The van der Waals surface area contributed by atoms with Crippen molar-refractivity contribution in [2.75, 3.05) is 6.54 Å². The Kier molecular flexibility index (Phi) is 4.31. The second-order valence-electron chi connectivity index (χ2n) is 8.41. The van der Waals surface area contributed by atoms with Crippen LogP contribution in [-0.4, -0.2) is 37.4 Å². The molecule has 2 aliphatic heterocycles. The number of fused-ring (bicyclic) bond motifs is 1. The van der Waals surface area contributed by atoms with Crippen molar-refractivity contribution >= 4 is 0 Å². The maximum Gasteiger partial charge on any atom is 0.276 e. The van der Waals surface area contributed by atoms with E-state index in [1.54, 1.807) is 0 Å². The van der Waals surface area contributed by atoms with Gasteiger partial charge in [-0.1, -0.05) is 49.3 Å². The standard InChI is InChI=1S/C22H27N5O/c1-14(2)17-13-20(26(3)24-17)22-23-21(25-28-22)16-12-19(15-8-5-4-6-9-15)27-11-7-10-18(16)27/h4-6,8-9,13-14,16,18-19H,7,10-12H2,1-3H3/t16-,18+,19-/m1/s1. The van der Waals surface area contributed by atoms with E-state index in [0.29, 0.717) is 29.8 Å². The molecule has 6 heteroatoms. The molecule has 0 unspecified atom stereocenters. The molecule has 2 aromatic heterocycles. The molecule has 0 saturated carbocycles. The van der Waals surface area contributed by atoms with Gasteiger partial charge in [0, 0.05) is 25.0 Å². The van der Waals surface area contributed by atoms with Crippen molar-refractivity contribution < 1.29 is 4.52 Å². The second-order valence-corrected chi connectivity index (χ2v) is 8.41. The SMILES string of the molecule is CC(C)c1cc(-c2nc([C@@H]3C[C@H](c4ccccc4)N4CCC[C@@H]34)no2)n(C)n1. The Morgan fingerprint density at radius 2 is 2.00 bits per heavy atom. The third kappa shape index (κ3) is 2.87. The molecular weight excluding hydrogens is 350 g/mol. The lowest BCUT2D eigenvalue weighted by Crippen LogP contribution is -2.27. The first-order chi connectivity index (χ1) is 13.6. The summed E-state index contributed by atoms with van der Waals surface area (Å²) in [4.78, 5) is 7.47. The van der Waals surface area contributed by atoms with E-state index in [1.165, 1.54) is 18.4 Å². The Morgan fingerprint density at radius 3 is 2.75 bits per heavy atom. The van der Waals surface area contributed by atoms with E-state index < -0.39 is 0 Å². The molecule has 6 nitrogen and oxygen atoms in total. The fraction of sp³-hybridized carbons (Fsp3) is 0.500. The molecule has 2 saturated heterocycles. The number of hydrogen-bond donors (Lipinski definition) is 0. The number of nitrogens with zero attached hydrogens (tertiary/aromatic N) is 5. The Bertz CT molecular complexity index is 960. The normalized spacial score (nSPS) is 24.9. The summed E-state index contributed by atoms with van der Waals surface area (Å²) in [5.74, 6) is 2.11. The van der Waals surface area contributed by atoms with Gasteiger partial charge in [0.2, 0.25) is 0 Å². The van der Waals surface area contributed by atoms with Gasteiger partial charge in [-0.15, -0.1) is 0 Å². The maximum absolute atomic E-state index is 5.69. The highest BCUT2D eigenvalue weighted by molar-refractivity contribution is 5.48. The Labute approximate surface area is 165 Å². The minimum absolute atomic E-state index is 0.322. The van der Waals surface area contributed by atoms with Crippen molar-refractivity contribution in [1.82, 2.24) is 24.8 Å². The van der Waals surface area contributed by atoms with E-state index in [4.69, 9.17) is 9.51 Å². The summed E-state index contributed by atoms with van der Waals surface area (Å²) >= 11 is 0. The van der Waals surface area contributed by atoms with Crippen LogP contribution in [0.15, 0.2) is 40.9 Å². The number of aryl methyl sites for hydroxylation is 1. The molecule has 0 N–H and O–H groups in total. The predicted molar refractivity (Wildman–Crippen MR) is 107 cm³/mol. The molecule has 28 heavy (non-hydrogen) atoms. The molecule has 146 valence electrons. The van der Waals surface area contributed by atoms with Gasteiger partial charge in [0.15, 0.2) is 5.82 Å². The molecular formula is C22H27N5O. The number of benzene rings is 1. The fourth-order valence-electron chi connectivity index (χ4n) is 4.91. The van der Waals surface area contributed by atoms with Crippen LogP contribution in [0.3, 0.4) is 0 Å². The first kappa shape index (κ1) is 17.6. The molecule has 2 aliphatic rings. The van der Waals surface area contributed by atoms with Gasteiger partial charge < -0.3 is 4.52 Å². The Hall–Kier alpha value is -2.47. The molecule has 4 heterocycles. The monoisotopic (exact) mass is 377 g/mol. The van der Waals surface area contributed by atoms with Crippen molar-refractivity contribution in [2.24, 2.45) is 7.05 Å². The van der Waals surface area contributed by atoms with E-state index in [0.717, 1.165) is 30.2 Å². The highest BCUT2D eigenvalue weighted by atomic mass is 16.5. The summed E-state index contributed by atoms with van der Waals surface area (Å²) in [6, 6.07) is 13.9. The summed E-state index contributed by atoms with van der Waals surface area (Å²) in [5, 5.41) is 8.98. The van der Waals surface area contributed by atoms with Crippen molar-refractivity contribution in [1.29, 1.82) is 0 Å². The van der Waals surface area contributed by atoms with Gasteiger partial charge in [0.05, 0.1) is 5.69 Å². The van der Waals surface area contributed by atoms with Gasteiger partial charge in [0.25, 0.3) is 5.89 Å². The van der Waals surface area contributed by atoms with Crippen molar-refractivity contribution in [3.8, 4) is 11.6 Å². The highest BCUT2D eigenvalue weighted by Crippen LogP contribution is 2.48. The lowest BCUT2D eigenvalue weighted by molar-refractivity contribution is 0.243. The van der Waals surface area contributed by atoms with Crippen LogP contribution < -0.4 is 0 Å². The van der Waals surface area contributed by atoms with Crippen LogP contribution in [0.5, 0.6) is 0 Å². The molecule has 2 fully saturated rings. The molecule has 0 bridgehead atoms. The van der Waals surface area contributed by atoms with Crippen molar-refractivity contribution in [3.63, 3.8) is 0 Å². The van der Waals surface area contributed by atoms with Crippen LogP contribution in [0.25, 0.3) is 11.6 Å². The summed E-state index contributed by atoms with van der Waals surface area (Å²) in [6.07, 6.45) is 3.51. The predicted octanol–water partition coefficient (Wildman–Crippen LogP) is 4.29. The minimum atomic E-state index is 0.322. The van der Waals surface area contributed by atoms with E-state index in [1.807, 2.05) is 11.7 Å². The Balaban J connectivity index is 1.44. The molecule has 3 atom stereocenters. The minimum Gasteiger partial charge on any atom is -0.332 e. The molecule has 5 rings (SSSR count). The average Bonchev–Trinajstić information content (AvgIpc) is 3.45. The largest absolute Gasteiger partial charge is 0.332 e. The maximum atomic E-state index is 5.69. The van der Waals surface area contributed by atoms with Gasteiger partial charge in [-0.2, -0.15) is 10.1 Å². The van der Waals surface area contributed by atoms with E-state index >= 15 is 0 Å². The zero-order valence-corrected chi connectivity index (χ0v) is 16.7. The summed E-state index contributed by atoms with van der Waals surface area (Å²) in [5.41, 5.74) is 3.33. The summed E-state index contributed by atoms with van der Waals surface area (Å²) in [6.45, 7) is 5.44. The molecule has 0 radical (unpaired) electrons. The molecule has 0 aliphatic carbocycles. The molecule has 0 amide bonds. The number of rotatable bonds is 4. The molecule has 1 aromatic carbocycles. The lowest BCUT2D eigenvalue weighted by Gasteiger charge is -2.24. The zero-order chi connectivity index (χ0) is 19.3. The third-order valence-electron chi connectivity index (χ3n) is 6.35. The highest BCUT2D eigenvalue weighted by Gasteiger charge is 2.46. The summed E-state index contributed by atoms with van der Waals surface area (Å²) in [7, 11) is 1.94. The van der Waals surface area contributed by atoms with Crippen LogP contribution in [0.4, 0.5) is 0 Å². The molecule has 3 aromatic rings. The van der Waals surface area contributed by atoms with E-state index in [2.05, 4.69) is 65.4 Å². The third-order valence-corrected chi connectivity index (χ3v) is 6.35. The first-order valence-corrected chi connectivity index (χ1v) is 10.3.